The minimum Gasteiger partial charge on any atom is -0.335 e. The van der Waals surface area contributed by atoms with Gasteiger partial charge in [0.1, 0.15) is 23.0 Å². The van der Waals surface area contributed by atoms with E-state index in [1.54, 1.807) is 10.6 Å². The van der Waals surface area contributed by atoms with E-state index in [-0.39, 0.29) is 23.1 Å². The first-order valence-corrected chi connectivity index (χ1v) is 9.66. The first kappa shape index (κ1) is 18.2. The molecular weight excluding hydrogens is 385 g/mol. The largest absolute Gasteiger partial charge is 0.343 e. The van der Waals surface area contributed by atoms with Crippen molar-refractivity contribution in [2.45, 2.75) is 25.8 Å². The van der Waals surface area contributed by atoms with Crippen LogP contribution in [0, 0.1) is 5.82 Å². The van der Waals surface area contributed by atoms with Gasteiger partial charge >= 0.3 is 5.69 Å². The smallest absolute Gasteiger partial charge is 0.335 e. The summed E-state index contributed by atoms with van der Waals surface area (Å²) in [4.78, 5) is 32.1. The Bertz CT molecular complexity index is 1320. The molecule has 8 heteroatoms. The highest BCUT2D eigenvalue weighted by molar-refractivity contribution is 5.95. The molecule has 0 amide bonds. The van der Waals surface area contributed by atoms with E-state index in [0.717, 1.165) is 18.4 Å². The summed E-state index contributed by atoms with van der Waals surface area (Å²) in [5.41, 5.74) is 2.16. The van der Waals surface area contributed by atoms with E-state index in [4.69, 9.17) is 4.98 Å². The standard InChI is InChI=1S/C22H18FN5O2/c1-12(29)14-9-15(11-16(23)10-14)18-19(21-26-27-22(30)28(21)17-7-8-17)25-20(24-18)13-5-3-2-4-6-13/h2-6,9-11,17H,7-8H2,1H3,(H,24,25)(H,27,30). The van der Waals surface area contributed by atoms with Crippen molar-refractivity contribution in [1.82, 2.24) is 24.7 Å². The number of H-pyrrole nitrogens is 2. The Balaban J connectivity index is 1.75. The molecule has 7 nitrogen and oxygen atoms in total. The van der Waals surface area contributed by atoms with Crippen LogP contribution in [0.5, 0.6) is 0 Å². The molecule has 150 valence electrons. The number of ketones is 1. The summed E-state index contributed by atoms with van der Waals surface area (Å²) in [5, 5.41) is 6.72. The van der Waals surface area contributed by atoms with Gasteiger partial charge in [0.2, 0.25) is 0 Å². The second kappa shape index (κ2) is 6.91. The van der Waals surface area contributed by atoms with Crippen molar-refractivity contribution in [3.8, 4) is 34.2 Å². The third-order valence-corrected chi connectivity index (χ3v) is 5.17. The van der Waals surface area contributed by atoms with Gasteiger partial charge < -0.3 is 4.98 Å². The van der Waals surface area contributed by atoms with Gasteiger partial charge in [-0.3, -0.25) is 9.36 Å². The molecule has 2 aromatic heterocycles. The molecule has 1 fully saturated rings. The summed E-state index contributed by atoms with van der Waals surface area (Å²) >= 11 is 0. The van der Waals surface area contributed by atoms with Crippen molar-refractivity contribution in [3.05, 3.63) is 70.4 Å². The molecule has 1 aliphatic carbocycles. The number of Topliss-reactive ketones (excluding diaryl/α,β-unsaturated/α-hetero) is 1. The van der Waals surface area contributed by atoms with Crippen molar-refractivity contribution < 1.29 is 9.18 Å². The minimum atomic E-state index is -0.533. The molecule has 5 rings (SSSR count). The van der Waals surface area contributed by atoms with Gasteiger partial charge in [-0.2, -0.15) is 5.10 Å². The monoisotopic (exact) mass is 403 g/mol. The lowest BCUT2D eigenvalue weighted by Gasteiger charge is -2.06. The lowest BCUT2D eigenvalue weighted by atomic mass is 10.0. The maximum atomic E-state index is 14.3. The van der Waals surface area contributed by atoms with Crippen molar-refractivity contribution in [2.24, 2.45) is 0 Å². The van der Waals surface area contributed by atoms with Crippen LogP contribution < -0.4 is 5.69 Å². The van der Waals surface area contributed by atoms with E-state index in [2.05, 4.69) is 15.2 Å². The van der Waals surface area contributed by atoms with Crippen molar-refractivity contribution in [1.29, 1.82) is 0 Å². The van der Waals surface area contributed by atoms with E-state index >= 15 is 0 Å². The fourth-order valence-electron chi connectivity index (χ4n) is 3.56. The molecule has 2 N–H and O–H groups in total. The van der Waals surface area contributed by atoms with Crippen molar-refractivity contribution in [3.63, 3.8) is 0 Å². The average molecular weight is 403 g/mol. The van der Waals surface area contributed by atoms with Gasteiger partial charge in [0.25, 0.3) is 0 Å². The van der Waals surface area contributed by atoms with Gasteiger partial charge in [-0.15, -0.1) is 0 Å². The van der Waals surface area contributed by atoms with Crippen LogP contribution in [-0.2, 0) is 0 Å². The number of carbonyl (C=O) groups excluding carboxylic acids is 1. The van der Waals surface area contributed by atoms with Gasteiger partial charge in [0.05, 0.1) is 0 Å². The molecule has 0 aliphatic heterocycles. The lowest BCUT2D eigenvalue weighted by molar-refractivity contribution is 0.101. The SMILES string of the molecule is CC(=O)c1cc(F)cc(-c2nc(-c3ccccc3)[nH]c2-c2n[nH]c(=O)n2C2CC2)c1. The maximum absolute atomic E-state index is 14.3. The predicted molar refractivity (Wildman–Crippen MR) is 110 cm³/mol. The van der Waals surface area contributed by atoms with Crippen LogP contribution in [0.25, 0.3) is 34.2 Å². The Kier molecular flexibility index (Phi) is 4.20. The van der Waals surface area contributed by atoms with Crippen molar-refractivity contribution in [2.75, 3.05) is 0 Å². The summed E-state index contributed by atoms with van der Waals surface area (Å²) in [6, 6.07) is 13.7. The average Bonchev–Trinajstić information content (AvgIpc) is 3.35. The fourth-order valence-corrected chi connectivity index (χ4v) is 3.56. The molecule has 30 heavy (non-hydrogen) atoms. The van der Waals surface area contributed by atoms with Gasteiger partial charge in [0.15, 0.2) is 11.6 Å². The number of nitrogens with one attached hydrogen (secondary N) is 2. The highest BCUT2D eigenvalue weighted by Crippen LogP contribution is 2.39. The zero-order valence-electron chi connectivity index (χ0n) is 16.1. The molecule has 0 atom stereocenters. The van der Waals surface area contributed by atoms with Gasteiger partial charge in [-0.05, 0) is 38.0 Å². The second-order valence-electron chi connectivity index (χ2n) is 7.41. The van der Waals surface area contributed by atoms with Crippen LogP contribution >= 0.6 is 0 Å². The Morgan fingerprint density at radius 2 is 1.90 bits per heavy atom. The summed E-state index contributed by atoms with van der Waals surface area (Å²) < 4.78 is 15.9. The van der Waals surface area contributed by atoms with Crippen LogP contribution in [0.1, 0.15) is 36.2 Å². The first-order valence-electron chi connectivity index (χ1n) is 9.66. The number of aromatic amines is 2. The van der Waals surface area contributed by atoms with Crippen LogP contribution in [0.3, 0.4) is 0 Å². The predicted octanol–water partition coefficient (Wildman–Crippen LogP) is 3.97. The molecule has 0 unspecified atom stereocenters. The second-order valence-corrected chi connectivity index (χ2v) is 7.41. The normalized spacial score (nSPS) is 13.5. The Hall–Kier alpha value is -3.81. The number of nitrogens with zero attached hydrogens (tertiary/aromatic N) is 3. The Morgan fingerprint density at radius 1 is 1.13 bits per heavy atom. The van der Waals surface area contributed by atoms with E-state index < -0.39 is 5.82 Å². The molecule has 0 saturated heterocycles. The topological polar surface area (TPSA) is 96.4 Å². The van der Waals surface area contributed by atoms with E-state index in [1.165, 1.54) is 19.1 Å². The van der Waals surface area contributed by atoms with Crippen LogP contribution in [0.4, 0.5) is 4.39 Å². The molecule has 2 aromatic carbocycles. The van der Waals surface area contributed by atoms with Gasteiger partial charge in [-0.1, -0.05) is 30.3 Å². The number of hydrogen-bond acceptors (Lipinski definition) is 4. The van der Waals surface area contributed by atoms with Crippen molar-refractivity contribution >= 4 is 5.78 Å². The molecule has 0 radical (unpaired) electrons. The molecule has 4 aromatic rings. The summed E-state index contributed by atoms with van der Waals surface area (Å²) in [6.07, 6.45) is 1.80. The van der Waals surface area contributed by atoms with Gasteiger partial charge in [0, 0.05) is 22.7 Å². The number of hydrogen-bond donors (Lipinski definition) is 2. The first-order chi connectivity index (χ1) is 14.5. The highest BCUT2D eigenvalue weighted by atomic mass is 19.1. The third-order valence-electron chi connectivity index (χ3n) is 5.17. The number of halogens is 1. The number of rotatable bonds is 5. The zero-order chi connectivity index (χ0) is 20.8. The minimum absolute atomic E-state index is 0.0860. The third kappa shape index (κ3) is 3.16. The Labute approximate surface area is 170 Å². The van der Waals surface area contributed by atoms with Crippen LogP contribution in [-0.4, -0.2) is 30.5 Å². The van der Waals surface area contributed by atoms with Gasteiger partial charge in [-0.25, -0.2) is 19.3 Å². The van der Waals surface area contributed by atoms with Crippen LogP contribution in [0.2, 0.25) is 0 Å². The molecule has 1 saturated carbocycles. The molecular formula is C22H18FN5O2. The fraction of sp³-hybridized carbons (Fsp3) is 0.182. The van der Waals surface area contributed by atoms with E-state index in [1.807, 2.05) is 30.3 Å². The van der Waals surface area contributed by atoms with E-state index in [0.29, 0.717) is 28.6 Å². The zero-order valence-corrected chi connectivity index (χ0v) is 16.1. The lowest BCUT2D eigenvalue weighted by Crippen LogP contribution is -2.16. The van der Waals surface area contributed by atoms with Crippen LogP contribution in [0.15, 0.2) is 53.3 Å². The summed E-state index contributed by atoms with van der Waals surface area (Å²) in [5.74, 6) is 0.202. The molecule has 0 bridgehead atoms. The molecule has 1 aliphatic rings. The quantitative estimate of drug-likeness (QED) is 0.493. The highest BCUT2D eigenvalue weighted by Gasteiger charge is 2.31. The number of imidazole rings is 1. The van der Waals surface area contributed by atoms with E-state index in [9.17, 15) is 14.0 Å². The number of benzene rings is 2. The molecule has 2 heterocycles. The Morgan fingerprint density at radius 3 is 2.60 bits per heavy atom. The summed E-state index contributed by atoms with van der Waals surface area (Å²) in [7, 11) is 0. The number of aromatic nitrogens is 5. The summed E-state index contributed by atoms with van der Waals surface area (Å²) in [6.45, 7) is 1.39. The number of carbonyl (C=O) groups is 1. The molecule has 0 spiro atoms. The maximum Gasteiger partial charge on any atom is 0.343 e.